The van der Waals surface area contributed by atoms with Gasteiger partial charge in [-0.05, 0) is 24.1 Å². The van der Waals surface area contributed by atoms with Crippen LogP contribution < -0.4 is 0 Å². The van der Waals surface area contributed by atoms with Gasteiger partial charge < -0.3 is 5.11 Å². The number of carbonyl (C=O) groups is 1. The SMILES string of the molecule is CC.CCCc1ccc(C(=O)O)cc1. The molecule has 2 nitrogen and oxygen atoms in total. The van der Waals surface area contributed by atoms with Crippen LogP contribution in [0.5, 0.6) is 0 Å². The van der Waals surface area contributed by atoms with Gasteiger partial charge in [-0.2, -0.15) is 0 Å². The molecule has 0 radical (unpaired) electrons. The summed E-state index contributed by atoms with van der Waals surface area (Å²) in [5, 5.41) is 8.61. The smallest absolute Gasteiger partial charge is 0.335 e. The second-order valence-electron chi connectivity index (χ2n) is 2.75. The molecule has 0 fully saturated rings. The molecule has 1 N–H and O–H groups in total. The minimum Gasteiger partial charge on any atom is -0.478 e. The molecule has 0 saturated heterocycles. The number of hydrogen-bond donors (Lipinski definition) is 1. The van der Waals surface area contributed by atoms with E-state index in [9.17, 15) is 4.79 Å². The minimum absolute atomic E-state index is 0.356. The van der Waals surface area contributed by atoms with E-state index in [1.807, 2.05) is 26.0 Å². The molecule has 2 heteroatoms. The second-order valence-corrected chi connectivity index (χ2v) is 2.75. The van der Waals surface area contributed by atoms with E-state index in [0.717, 1.165) is 12.8 Å². The molecule has 0 atom stereocenters. The van der Waals surface area contributed by atoms with Gasteiger partial charge >= 0.3 is 5.97 Å². The zero-order valence-corrected chi connectivity index (χ0v) is 9.08. The molecule has 0 saturated carbocycles. The lowest BCUT2D eigenvalue weighted by Crippen LogP contribution is -1.95. The number of aromatic carboxylic acids is 1. The van der Waals surface area contributed by atoms with Crippen LogP contribution in [0.15, 0.2) is 24.3 Å². The molecule has 1 aromatic rings. The van der Waals surface area contributed by atoms with E-state index in [1.54, 1.807) is 12.1 Å². The van der Waals surface area contributed by atoms with Crippen LogP contribution in [-0.4, -0.2) is 11.1 Å². The van der Waals surface area contributed by atoms with Crippen molar-refractivity contribution in [2.45, 2.75) is 33.6 Å². The summed E-state index contributed by atoms with van der Waals surface area (Å²) in [6.07, 6.45) is 2.10. The summed E-state index contributed by atoms with van der Waals surface area (Å²) in [6, 6.07) is 7.03. The van der Waals surface area contributed by atoms with Crippen LogP contribution in [0.4, 0.5) is 0 Å². The van der Waals surface area contributed by atoms with E-state index in [2.05, 4.69) is 6.92 Å². The van der Waals surface area contributed by atoms with Gasteiger partial charge in [0.25, 0.3) is 0 Å². The number of aryl methyl sites for hydroxylation is 1. The fourth-order valence-corrected chi connectivity index (χ4v) is 1.10. The minimum atomic E-state index is -0.863. The summed E-state index contributed by atoms with van der Waals surface area (Å²) in [7, 11) is 0. The molecule has 0 bridgehead atoms. The third-order valence-corrected chi connectivity index (χ3v) is 1.74. The highest BCUT2D eigenvalue weighted by Crippen LogP contribution is 2.06. The Morgan fingerprint density at radius 1 is 1.21 bits per heavy atom. The Kier molecular flexibility index (Phi) is 6.46. The predicted molar refractivity (Wildman–Crippen MR) is 58.7 cm³/mol. The van der Waals surface area contributed by atoms with Gasteiger partial charge in [-0.1, -0.05) is 39.3 Å². The average molecular weight is 194 g/mol. The lowest BCUT2D eigenvalue weighted by atomic mass is 10.1. The van der Waals surface area contributed by atoms with Gasteiger partial charge in [-0.3, -0.25) is 0 Å². The molecular weight excluding hydrogens is 176 g/mol. The van der Waals surface area contributed by atoms with Gasteiger partial charge in [0.05, 0.1) is 5.56 Å². The third kappa shape index (κ3) is 4.08. The number of rotatable bonds is 3. The van der Waals surface area contributed by atoms with Crippen LogP contribution >= 0.6 is 0 Å². The summed E-state index contributed by atoms with van der Waals surface area (Å²) in [5.41, 5.74) is 1.55. The fraction of sp³-hybridized carbons (Fsp3) is 0.417. The first-order chi connectivity index (χ1) is 6.74. The zero-order valence-electron chi connectivity index (χ0n) is 9.08. The van der Waals surface area contributed by atoms with Crippen molar-refractivity contribution in [1.29, 1.82) is 0 Å². The van der Waals surface area contributed by atoms with Gasteiger partial charge in [0.2, 0.25) is 0 Å². The first-order valence-electron chi connectivity index (χ1n) is 5.06. The molecule has 1 aromatic carbocycles. The van der Waals surface area contributed by atoms with E-state index in [-0.39, 0.29) is 0 Å². The topological polar surface area (TPSA) is 37.3 Å². The molecule has 14 heavy (non-hydrogen) atoms. The van der Waals surface area contributed by atoms with Crippen molar-refractivity contribution in [3.8, 4) is 0 Å². The highest BCUT2D eigenvalue weighted by molar-refractivity contribution is 5.87. The average Bonchev–Trinajstić information content (AvgIpc) is 2.22. The van der Waals surface area contributed by atoms with E-state index >= 15 is 0 Å². The molecule has 0 amide bonds. The fourth-order valence-electron chi connectivity index (χ4n) is 1.10. The Hall–Kier alpha value is -1.31. The summed E-state index contributed by atoms with van der Waals surface area (Å²) < 4.78 is 0. The molecule has 0 unspecified atom stereocenters. The largest absolute Gasteiger partial charge is 0.478 e. The lowest BCUT2D eigenvalue weighted by molar-refractivity contribution is 0.0697. The van der Waals surface area contributed by atoms with Crippen LogP contribution in [0, 0.1) is 0 Å². The summed E-state index contributed by atoms with van der Waals surface area (Å²) >= 11 is 0. The Labute approximate surface area is 85.6 Å². The lowest BCUT2D eigenvalue weighted by Gasteiger charge is -1.98. The third-order valence-electron chi connectivity index (χ3n) is 1.74. The van der Waals surface area contributed by atoms with Crippen molar-refractivity contribution >= 4 is 5.97 Å². The van der Waals surface area contributed by atoms with Crippen molar-refractivity contribution in [3.63, 3.8) is 0 Å². The Morgan fingerprint density at radius 2 is 1.71 bits per heavy atom. The zero-order chi connectivity index (χ0) is 11.0. The highest BCUT2D eigenvalue weighted by atomic mass is 16.4. The maximum atomic E-state index is 10.5. The van der Waals surface area contributed by atoms with Crippen LogP contribution in [-0.2, 0) is 6.42 Å². The molecule has 0 aliphatic carbocycles. The van der Waals surface area contributed by atoms with Crippen molar-refractivity contribution in [2.75, 3.05) is 0 Å². The molecule has 0 aromatic heterocycles. The van der Waals surface area contributed by atoms with Crippen LogP contribution in [0.25, 0.3) is 0 Å². The van der Waals surface area contributed by atoms with Crippen molar-refractivity contribution in [1.82, 2.24) is 0 Å². The van der Waals surface area contributed by atoms with E-state index in [1.165, 1.54) is 5.56 Å². The normalized spacial score (nSPS) is 8.79. The molecule has 0 heterocycles. The van der Waals surface area contributed by atoms with Gasteiger partial charge in [0.15, 0.2) is 0 Å². The molecule has 78 valence electrons. The summed E-state index contributed by atoms with van der Waals surface area (Å²) in [4.78, 5) is 10.5. The van der Waals surface area contributed by atoms with Crippen LogP contribution in [0.1, 0.15) is 43.1 Å². The van der Waals surface area contributed by atoms with Crippen LogP contribution in [0.3, 0.4) is 0 Å². The maximum absolute atomic E-state index is 10.5. The molecule has 0 aliphatic heterocycles. The highest BCUT2D eigenvalue weighted by Gasteiger charge is 2.00. The van der Waals surface area contributed by atoms with Gasteiger partial charge in [0, 0.05) is 0 Å². The van der Waals surface area contributed by atoms with Crippen molar-refractivity contribution in [2.24, 2.45) is 0 Å². The molecular formula is C12H18O2. The Morgan fingerprint density at radius 3 is 2.07 bits per heavy atom. The van der Waals surface area contributed by atoms with Crippen molar-refractivity contribution < 1.29 is 9.90 Å². The van der Waals surface area contributed by atoms with Gasteiger partial charge in [-0.25, -0.2) is 4.79 Å². The summed E-state index contributed by atoms with van der Waals surface area (Å²) in [6.45, 7) is 6.10. The quantitative estimate of drug-likeness (QED) is 0.801. The number of hydrogen-bond acceptors (Lipinski definition) is 1. The first kappa shape index (κ1) is 12.7. The number of carboxylic acid groups (broad SMARTS) is 1. The monoisotopic (exact) mass is 194 g/mol. The molecule has 1 rings (SSSR count). The van der Waals surface area contributed by atoms with E-state index in [4.69, 9.17) is 5.11 Å². The van der Waals surface area contributed by atoms with Gasteiger partial charge in [-0.15, -0.1) is 0 Å². The molecule has 0 aliphatic rings. The standard InChI is InChI=1S/C10H12O2.C2H6/c1-2-3-8-4-6-9(7-5-8)10(11)12;1-2/h4-7H,2-3H2,1H3,(H,11,12);1-2H3. The van der Waals surface area contributed by atoms with Crippen LogP contribution in [0.2, 0.25) is 0 Å². The second kappa shape index (κ2) is 7.13. The Bertz CT molecular complexity index is 262. The number of carboxylic acids is 1. The number of benzene rings is 1. The Balaban J connectivity index is 0.000000791. The summed E-state index contributed by atoms with van der Waals surface area (Å²) in [5.74, 6) is -0.863. The predicted octanol–water partition coefficient (Wildman–Crippen LogP) is 3.36. The molecule has 0 spiro atoms. The maximum Gasteiger partial charge on any atom is 0.335 e. The van der Waals surface area contributed by atoms with E-state index < -0.39 is 5.97 Å². The van der Waals surface area contributed by atoms with E-state index in [0.29, 0.717) is 5.56 Å². The van der Waals surface area contributed by atoms with Gasteiger partial charge in [0.1, 0.15) is 0 Å². The van der Waals surface area contributed by atoms with Crippen molar-refractivity contribution in [3.05, 3.63) is 35.4 Å². The first-order valence-corrected chi connectivity index (χ1v) is 5.06.